The van der Waals surface area contributed by atoms with Crippen LogP contribution >= 0.6 is 0 Å². The molecule has 0 atom stereocenters. The summed E-state index contributed by atoms with van der Waals surface area (Å²) < 4.78 is 5.86. The fourth-order valence-electron chi connectivity index (χ4n) is 3.00. The molecule has 2 aromatic heterocycles. The lowest BCUT2D eigenvalue weighted by Crippen LogP contribution is -2.18. The molecule has 0 saturated heterocycles. The Hall–Kier alpha value is -3.54. The van der Waals surface area contributed by atoms with E-state index >= 15 is 0 Å². The number of aryl methyl sites for hydroxylation is 1. The lowest BCUT2D eigenvalue weighted by atomic mass is 9.78. The van der Waals surface area contributed by atoms with E-state index in [4.69, 9.17) is 4.74 Å². The monoisotopic (exact) mass is 371 g/mol. The molecule has 0 saturated carbocycles. The van der Waals surface area contributed by atoms with Crippen LogP contribution in [0.4, 0.5) is 0 Å². The molecule has 0 unspecified atom stereocenters. The Bertz CT molecular complexity index is 1040. The highest BCUT2D eigenvalue weighted by atomic mass is 16.5. The molecule has 0 aliphatic rings. The quantitative estimate of drug-likeness (QED) is 0.517. The molecule has 0 amide bonds. The Balaban J connectivity index is 1.49. The van der Waals surface area contributed by atoms with E-state index in [1.54, 1.807) is 24.8 Å². The first-order valence-corrected chi connectivity index (χ1v) is 9.07. The summed E-state index contributed by atoms with van der Waals surface area (Å²) in [5.74, 6) is 1.69. The number of rotatable bonds is 5. The Morgan fingerprint density at radius 1 is 0.750 bits per heavy atom. The van der Waals surface area contributed by atoms with Gasteiger partial charge >= 0.3 is 0 Å². The third kappa shape index (κ3) is 3.62. The van der Waals surface area contributed by atoms with Crippen LogP contribution in [-0.2, 0) is 5.41 Å². The number of aromatic nitrogens is 5. The highest BCUT2D eigenvalue weighted by Gasteiger charge is 2.22. The van der Waals surface area contributed by atoms with Gasteiger partial charge in [0.05, 0.1) is 24.8 Å². The molecular formula is C22H21N5O. The summed E-state index contributed by atoms with van der Waals surface area (Å²) in [6, 6.07) is 16.8. The van der Waals surface area contributed by atoms with Crippen molar-refractivity contribution in [3.63, 3.8) is 0 Å². The summed E-state index contributed by atoms with van der Waals surface area (Å²) in [6.07, 6.45) is 6.37. The number of ether oxygens (including phenoxy) is 1. The van der Waals surface area contributed by atoms with E-state index in [9.17, 15) is 0 Å². The smallest absolute Gasteiger partial charge is 0.268 e. The zero-order valence-electron chi connectivity index (χ0n) is 16.1. The third-order valence-electron chi connectivity index (χ3n) is 4.80. The van der Waals surface area contributed by atoms with E-state index in [2.05, 4.69) is 77.3 Å². The maximum Gasteiger partial charge on any atom is 0.268 e. The maximum atomic E-state index is 5.86. The van der Waals surface area contributed by atoms with Gasteiger partial charge in [-0.05, 0) is 30.2 Å². The van der Waals surface area contributed by atoms with Gasteiger partial charge in [-0.2, -0.15) is 10.2 Å². The summed E-state index contributed by atoms with van der Waals surface area (Å²) in [6.45, 7) is 6.55. The average molecular weight is 371 g/mol. The Morgan fingerprint density at radius 2 is 1.29 bits per heavy atom. The van der Waals surface area contributed by atoms with E-state index in [0.717, 1.165) is 5.75 Å². The van der Waals surface area contributed by atoms with Crippen molar-refractivity contribution in [3.05, 3.63) is 90.0 Å². The van der Waals surface area contributed by atoms with Gasteiger partial charge in [0.25, 0.3) is 5.95 Å². The van der Waals surface area contributed by atoms with E-state index < -0.39 is 0 Å². The number of benzene rings is 2. The van der Waals surface area contributed by atoms with Crippen LogP contribution in [0.5, 0.6) is 11.5 Å². The van der Waals surface area contributed by atoms with Crippen molar-refractivity contribution in [2.45, 2.75) is 26.2 Å². The lowest BCUT2D eigenvalue weighted by molar-refractivity contribution is 0.475. The van der Waals surface area contributed by atoms with Crippen molar-refractivity contribution in [2.75, 3.05) is 0 Å². The highest BCUT2D eigenvalue weighted by molar-refractivity contribution is 5.41. The highest BCUT2D eigenvalue weighted by Crippen LogP contribution is 2.33. The van der Waals surface area contributed by atoms with Gasteiger partial charge < -0.3 is 4.74 Å². The zero-order valence-corrected chi connectivity index (χ0v) is 16.1. The molecule has 0 aliphatic heterocycles. The summed E-state index contributed by atoms with van der Waals surface area (Å²) >= 11 is 0. The van der Waals surface area contributed by atoms with Crippen molar-refractivity contribution in [1.29, 1.82) is 0 Å². The molecule has 2 heterocycles. The van der Waals surface area contributed by atoms with Crippen LogP contribution < -0.4 is 4.74 Å². The second-order valence-electron chi connectivity index (χ2n) is 7.15. The third-order valence-corrected chi connectivity index (χ3v) is 4.80. The Labute approximate surface area is 163 Å². The molecule has 0 N–H and O–H groups in total. The van der Waals surface area contributed by atoms with Gasteiger partial charge in [-0.3, -0.25) is 0 Å². The largest absolute Gasteiger partial charge is 0.454 e. The molecule has 6 nitrogen and oxygen atoms in total. The van der Waals surface area contributed by atoms with Crippen molar-refractivity contribution in [1.82, 2.24) is 25.0 Å². The standard InChI is InChI=1S/C22H21N5O/c1-16-4-6-17(7-5-16)22(2,3)18-8-10-19(11-9-18)28-20-14-23-21(24-15-20)27-25-12-13-26-27/h4-15H,1-3H3. The Kier molecular flexibility index (Phi) is 4.61. The molecule has 0 spiro atoms. The van der Waals surface area contributed by atoms with Gasteiger partial charge in [-0.25, -0.2) is 9.97 Å². The minimum Gasteiger partial charge on any atom is -0.454 e. The molecule has 0 radical (unpaired) electrons. The number of hydrogen-bond donors (Lipinski definition) is 0. The lowest BCUT2D eigenvalue weighted by Gasteiger charge is -2.26. The van der Waals surface area contributed by atoms with Crippen LogP contribution in [0.2, 0.25) is 0 Å². The molecule has 6 heteroatoms. The van der Waals surface area contributed by atoms with Gasteiger partial charge in [0.15, 0.2) is 5.75 Å². The predicted octanol–water partition coefficient (Wildman–Crippen LogP) is 4.48. The van der Waals surface area contributed by atoms with Gasteiger partial charge in [-0.1, -0.05) is 55.8 Å². The normalized spacial score (nSPS) is 11.4. The minimum absolute atomic E-state index is 0.0895. The fraction of sp³-hybridized carbons (Fsp3) is 0.182. The molecule has 0 fully saturated rings. The SMILES string of the molecule is Cc1ccc(C(C)(C)c2ccc(Oc3cnc(-n4nccn4)nc3)cc2)cc1. The topological polar surface area (TPSA) is 65.7 Å². The van der Waals surface area contributed by atoms with E-state index in [0.29, 0.717) is 11.7 Å². The molecule has 0 aliphatic carbocycles. The van der Waals surface area contributed by atoms with E-state index in [1.165, 1.54) is 21.5 Å². The van der Waals surface area contributed by atoms with Crippen LogP contribution in [0.1, 0.15) is 30.5 Å². The molecule has 2 aromatic carbocycles. The summed E-state index contributed by atoms with van der Waals surface area (Å²) in [5.41, 5.74) is 3.68. The summed E-state index contributed by atoms with van der Waals surface area (Å²) in [5, 5.41) is 8.00. The van der Waals surface area contributed by atoms with Crippen molar-refractivity contribution in [3.8, 4) is 17.4 Å². The van der Waals surface area contributed by atoms with E-state index in [-0.39, 0.29) is 5.41 Å². The average Bonchev–Trinajstić information content (AvgIpc) is 3.24. The first-order chi connectivity index (χ1) is 13.5. The first kappa shape index (κ1) is 17.9. The Morgan fingerprint density at radius 3 is 1.86 bits per heavy atom. The van der Waals surface area contributed by atoms with Crippen molar-refractivity contribution >= 4 is 0 Å². The molecule has 28 heavy (non-hydrogen) atoms. The minimum atomic E-state index is -0.0895. The van der Waals surface area contributed by atoms with Crippen molar-refractivity contribution in [2.24, 2.45) is 0 Å². The predicted molar refractivity (Wildman–Crippen MR) is 107 cm³/mol. The second kappa shape index (κ2) is 7.23. The number of nitrogens with zero attached hydrogens (tertiary/aromatic N) is 5. The molecule has 140 valence electrons. The molecular weight excluding hydrogens is 350 g/mol. The molecule has 4 rings (SSSR count). The van der Waals surface area contributed by atoms with Crippen LogP contribution in [-0.4, -0.2) is 25.0 Å². The number of hydrogen-bond acceptors (Lipinski definition) is 5. The maximum absolute atomic E-state index is 5.86. The summed E-state index contributed by atoms with van der Waals surface area (Å²) in [7, 11) is 0. The van der Waals surface area contributed by atoms with Crippen molar-refractivity contribution < 1.29 is 4.74 Å². The summed E-state index contributed by atoms with van der Waals surface area (Å²) in [4.78, 5) is 9.80. The van der Waals surface area contributed by atoms with Crippen LogP contribution in [0.15, 0.2) is 73.3 Å². The van der Waals surface area contributed by atoms with Crippen LogP contribution in [0.25, 0.3) is 5.95 Å². The van der Waals surface area contributed by atoms with Gasteiger partial charge in [-0.15, -0.1) is 4.80 Å². The van der Waals surface area contributed by atoms with Gasteiger partial charge in [0.1, 0.15) is 5.75 Å². The zero-order chi connectivity index (χ0) is 19.6. The fourth-order valence-corrected chi connectivity index (χ4v) is 3.00. The second-order valence-corrected chi connectivity index (χ2v) is 7.15. The molecule has 0 bridgehead atoms. The van der Waals surface area contributed by atoms with Gasteiger partial charge in [0.2, 0.25) is 0 Å². The van der Waals surface area contributed by atoms with E-state index in [1.807, 2.05) is 12.1 Å². The van der Waals surface area contributed by atoms with Gasteiger partial charge in [0, 0.05) is 5.41 Å². The first-order valence-electron chi connectivity index (χ1n) is 9.07. The van der Waals surface area contributed by atoms with Crippen LogP contribution in [0, 0.1) is 6.92 Å². The molecule has 4 aromatic rings. The van der Waals surface area contributed by atoms with Crippen LogP contribution in [0.3, 0.4) is 0 Å².